The normalized spacial score (nSPS) is 20.3. The highest BCUT2D eigenvalue weighted by Gasteiger charge is 2.34. The lowest BCUT2D eigenvalue weighted by atomic mass is 9.87. The monoisotopic (exact) mass is 545 g/mol. The number of halogens is 2. The Labute approximate surface area is 229 Å². The Morgan fingerprint density at radius 2 is 2.05 bits per heavy atom. The Morgan fingerprint density at radius 3 is 2.77 bits per heavy atom. The summed E-state index contributed by atoms with van der Waals surface area (Å²) >= 11 is 0. The van der Waals surface area contributed by atoms with Gasteiger partial charge in [0.25, 0.3) is 0 Å². The van der Waals surface area contributed by atoms with Gasteiger partial charge in [-0.2, -0.15) is 0 Å². The molecule has 3 atom stereocenters. The van der Waals surface area contributed by atoms with Crippen molar-refractivity contribution in [3.05, 3.63) is 47.4 Å². The van der Waals surface area contributed by atoms with E-state index in [1.165, 1.54) is 6.07 Å². The summed E-state index contributed by atoms with van der Waals surface area (Å²) in [6, 6.07) is 1.72. The molecular formula is C29H41F2N5O3. The molecule has 39 heavy (non-hydrogen) atoms. The molecule has 0 radical (unpaired) electrons. The Bertz CT molecular complexity index is 1160. The third-order valence-corrected chi connectivity index (χ3v) is 7.90. The molecule has 0 bridgehead atoms. The molecule has 2 amide bonds. The van der Waals surface area contributed by atoms with Crippen molar-refractivity contribution in [2.45, 2.75) is 95.9 Å². The molecule has 1 saturated heterocycles. The first-order chi connectivity index (χ1) is 18.6. The summed E-state index contributed by atoms with van der Waals surface area (Å²) in [7, 11) is 1.79. The van der Waals surface area contributed by atoms with Gasteiger partial charge in [0.2, 0.25) is 11.8 Å². The Kier molecular flexibility index (Phi) is 9.38. The topological polar surface area (TPSA) is 88.5 Å². The SMILES string of the molecule is CCCC(NC1CCc2cc(F)cc(F)c2C1)C(=O)Nc1cn(C(C)(C)C(=O)N(C)C[C@@H]2CCCCO2)cn1. The molecule has 214 valence electrons. The minimum Gasteiger partial charge on any atom is -0.376 e. The second-order valence-corrected chi connectivity index (χ2v) is 11.4. The van der Waals surface area contributed by atoms with Crippen LogP contribution < -0.4 is 10.6 Å². The van der Waals surface area contributed by atoms with Crippen LogP contribution in [0.25, 0.3) is 0 Å². The van der Waals surface area contributed by atoms with Gasteiger partial charge in [-0.1, -0.05) is 13.3 Å². The van der Waals surface area contributed by atoms with E-state index < -0.39 is 23.2 Å². The predicted molar refractivity (Wildman–Crippen MR) is 145 cm³/mol. The van der Waals surface area contributed by atoms with E-state index in [-0.39, 0.29) is 24.0 Å². The van der Waals surface area contributed by atoms with Gasteiger partial charge in [-0.25, -0.2) is 13.8 Å². The summed E-state index contributed by atoms with van der Waals surface area (Å²) in [4.78, 5) is 32.6. The van der Waals surface area contributed by atoms with Crippen LogP contribution in [0.15, 0.2) is 24.7 Å². The van der Waals surface area contributed by atoms with E-state index in [2.05, 4.69) is 15.6 Å². The number of nitrogens with one attached hydrogen (secondary N) is 2. The second-order valence-electron chi connectivity index (χ2n) is 11.4. The summed E-state index contributed by atoms with van der Waals surface area (Å²) in [5.41, 5.74) is 0.308. The van der Waals surface area contributed by atoms with Crippen molar-refractivity contribution < 1.29 is 23.1 Å². The highest BCUT2D eigenvalue weighted by Crippen LogP contribution is 2.26. The molecule has 10 heteroatoms. The summed E-state index contributed by atoms with van der Waals surface area (Å²) in [5, 5.41) is 6.27. The lowest BCUT2D eigenvalue weighted by Crippen LogP contribution is -2.48. The van der Waals surface area contributed by atoms with Crippen LogP contribution >= 0.6 is 0 Å². The molecule has 1 aromatic carbocycles. The molecule has 2 heterocycles. The summed E-state index contributed by atoms with van der Waals surface area (Å²) in [6.07, 6.45) is 9.42. The lowest BCUT2D eigenvalue weighted by molar-refractivity contribution is -0.140. The fourth-order valence-corrected chi connectivity index (χ4v) is 5.62. The molecule has 2 N–H and O–H groups in total. The fraction of sp³-hybridized carbons (Fsp3) is 0.621. The molecule has 1 aliphatic heterocycles. The quantitative estimate of drug-likeness (QED) is 0.468. The van der Waals surface area contributed by atoms with Gasteiger partial charge in [0.05, 0.1) is 18.5 Å². The Hall–Kier alpha value is -2.85. The molecule has 0 saturated carbocycles. The van der Waals surface area contributed by atoms with E-state index in [4.69, 9.17) is 4.74 Å². The number of rotatable bonds is 10. The third-order valence-electron chi connectivity index (χ3n) is 7.90. The highest BCUT2D eigenvalue weighted by molar-refractivity contribution is 5.94. The molecule has 0 spiro atoms. The number of aromatic nitrogens is 2. The lowest BCUT2D eigenvalue weighted by Gasteiger charge is -2.33. The Morgan fingerprint density at radius 1 is 1.26 bits per heavy atom. The van der Waals surface area contributed by atoms with Gasteiger partial charge in [0.15, 0.2) is 5.82 Å². The van der Waals surface area contributed by atoms with Crippen molar-refractivity contribution in [2.24, 2.45) is 0 Å². The number of ether oxygens (including phenoxy) is 1. The van der Waals surface area contributed by atoms with E-state index in [0.717, 1.165) is 38.4 Å². The number of benzene rings is 1. The number of likely N-dealkylation sites (N-methyl/N-ethyl adjacent to an activating group) is 1. The zero-order chi connectivity index (χ0) is 28.2. The van der Waals surface area contributed by atoms with Crippen LogP contribution in [0.2, 0.25) is 0 Å². The molecule has 2 aliphatic rings. The first kappa shape index (κ1) is 29.1. The van der Waals surface area contributed by atoms with Crippen molar-refractivity contribution in [1.82, 2.24) is 19.8 Å². The van der Waals surface area contributed by atoms with Gasteiger partial charge in [0.1, 0.15) is 17.2 Å². The first-order valence-electron chi connectivity index (χ1n) is 14.0. The molecule has 4 rings (SSSR count). The minimum atomic E-state index is -0.903. The number of carbonyl (C=O) groups excluding carboxylic acids is 2. The van der Waals surface area contributed by atoms with Crippen molar-refractivity contribution >= 4 is 17.6 Å². The van der Waals surface area contributed by atoms with E-state index in [1.807, 2.05) is 20.8 Å². The number of imidazole rings is 1. The van der Waals surface area contributed by atoms with Gasteiger partial charge < -0.3 is 24.8 Å². The number of aryl methyl sites for hydroxylation is 1. The van der Waals surface area contributed by atoms with Gasteiger partial charge in [-0.05, 0) is 76.0 Å². The first-order valence-corrected chi connectivity index (χ1v) is 14.0. The van der Waals surface area contributed by atoms with Crippen LogP contribution in [-0.4, -0.2) is 64.7 Å². The highest BCUT2D eigenvalue weighted by atomic mass is 19.1. The standard InChI is InChI=1S/C29H41F2N5O3/c1-5-8-25(33-21-11-10-19-13-20(30)14-24(31)23(19)15-21)27(37)34-26-17-36(18-32-26)29(2,3)28(38)35(4)16-22-9-6-7-12-39-22/h13-14,17-18,21-22,25,33H,5-12,15-16H2,1-4H3,(H,34,37)/t21?,22-,25?/m0/s1. The Balaban J connectivity index is 1.37. The fourth-order valence-electron chi connectivity index (χ4n) is 5.62. The zero-order valence-electron chi connectivity index (χ0n) is 23.4. The zero-order valence-corrected chi connectivity index (χ0v) is 23.4. The van der Waals surface area contributed by atoms with Crippen molar-refractivity contribution in [1.29, 1.82) is 0 Å². The van der Waals surface area contributed by atoms with Crippen LogP contribution in [0.5, 0.6) is 0 Å². The molecule has 2 unspecified atom stereocenters. The second kappa shape index (κ2) is 12.6. The maximum Gasteiger partial charge on any atom is 0.248 e. The smallest absolute Gasteiger partial charge is 0.248 e. The average molecular weight is 546 g/mol. The van der Waals surface area contributed by atoms with Gasteiger partial charge in [-0.15, -0.1) is 0 Å². The van der Waals surface area contributed by atoms with E-state index in [1.54, 1.807) is 29.0 Å². The number of nitrogens with zero attached hydrogens (tertiary/aromatic N) is 3. The number of carbonyl (C=O) groups is 2. The summed E-state index contributed by atoms with van der Waals surface area (Å²) in [6.45, 7) is 6.93. The van der Waals surface area contributed by atoms with Crippen LogP contribution in [0.4, 0.5) is 14.6 Å². The molecule has 1 fully saturated rings. The van der Waals surface area contributed by atoms with Crippen LogP contribution in [-0.2, 0) is 32.7 Å². The largest absolute Gasteiger partial charge is 0.376 e. The number of fused-ring (bicyclic) bond motifs is 1. The van der Waals surface area contributed by atoms with Gasteiger partial charge in [-0.3, -0.25) is 9.59 Å². The molecule has 8 nitrogen and oxygen atoms in total. The average Bonchev–Trinajstić information content (AvgIpc) is 3.38. The summed E-state index contributed by atoms with van der Waals surface area (Å²) in [5.74, 6) is -1.04. The number of hydrogen-bond donors (Lipinski definition) is 2. The summed E-state index contributed by atoms with van der Waals surface area (Å²) < 4.78 is 35.5. The third kappa shape index (κ3) is 7.03. The van der Waals surface area contributed by atoms with Crippen molar-refractivity contribution in [3.63, 3.8) is 0 Å². The van der Waals surface area contributed by atoms with E-state index >= 15 is 0 Å². The van der Waals surface area contributed by atoms with Crippen molar-refractivity contribution in [2.75, 3.05) is 25.5 Å². The van der Waals surface area contributed by atoms with Crippen LogP contribution in [0.1, 0.15) is 70.4 Å². The number of hydrogen-bond acceptors (Lipinski definition) is 5. The van der Waals surface area contributed by atoms with E-state index in [0.29, 0.717) is 49.2 Å². The molecular weight excluding hydrogens is 504 g/mol. The van der Waals surface area contributed by atoms with Gasteiger partial charge >= 0.3 is 0 Å². The number of amides is 2. The van der Waals surface area contributed by atoms with Crippen LogP contribution in [0, 0.1) is 11.6 Å². The van der Waals surface area contributed by atoms with E-state index in [9.17, 15) is 18.4 Å². The number of anilines is 1. The minimum absolute atomic E-state index is 0.0550. The predicted octanol–water partition coefficient (Wildman–Crippen LogP) is 4.18. The maximum atomic E-state index is 14.4. The van der Waals surface area contributed by atoms with Crippen molar-refractivity contribution in [3.8, 4) is 0 Å². The maximum absolute atomic E-state index is 14.4. The van der Waals surface area contributed by atoms with Gasteiger partial charge in [0, 0.05) is 38.5 Å². The molecule has 1 aliphatic carbocycles. The van der Waals surface area contributed by atoms with Crippen LogP contribution in [0.3, 0.4) is 0 Å². The molecule has 2 aromatic rings. The molecule has 1 aromatic heterocycles.